The Hall–Kier alpha value is -2.36. The van der Waals surface area contributed by atoms with E-state index in [-0.39, 0.29) is 0 Å². The molecule has 0 fully saturated rings. The quantitative estimate of drug-likeness (QED) is 0.471. The van der Waals surface area contributed by atoms with Gasteiger partial charge in [0.1, 0.15) is 17.6 Å². The van der Waals surface area contributed by atoms with Gasteiger partial charge in [0.05, 0.1) is 0 Å². The van der Waals surface area contributed by atoms with E-state index in [4.69, 9.17) is 9.47 Å². The van der Waals surface area contributed by atoms with Crippen molar-refractivity contribution < 1.29 is 19.1 Å². The van der Waals surface area contributed by atoms with E-state index in [2.05, 4.69) is 0 Å². The molecule has 0 atom stereocenters. The van der Waals surface area contributed by atoms with Crippen molar-refractivity contribution in [2.75, 3.05) is 0 Å². The lowest BCUT2D eigenvalue weighted by Crippen LogP contribution is -2.25. The van der Waals surface area contributed by atoms with Crippen LogP contribution < -0.4 is 4.74 Å². The van der Waals surface area contributed by atoms with Crippen molar-refractivity contribution >= 4 is 23.2 Å². The molecule has 2 rings (SSSR count). The molecule has 0 spiro atoms. The molecule has 0 unspecified atom stereocenters. The molecular formula is C16H16O4. The summed E-state index contributed by atoms with van der Waals surface area (Å²) in [4.78, 5) is 22.3. The second kappa shape index (κ2) is 5.33. The maximum absolute atomic E-state index is 11.6. The highest BCUT2D eigenvalue weighted by Crippen LogP contribution is 2.22. The number of aldehydes is 1. The van der Waals surface area contributed by atoms with Crippen molar-refractivity contribution in [2.24, 2.45) is 0 Å². The summed E-state index contributed by atoms with van der Waals surface area (Å²) in [6, 6.07) is 10.5. The van der Waals surface area contributed by atoms with Crippen molar-refractivity contribution in [3.05, 3.63) is 42.0 Å². The zero-order valence-corrected chi connectivity index (χ0v) is 11.7. The van der Waals surface area contributed by atoms with Crippen LogP contribution in [0.4, 0.5) is 4.79 Å². The largest absolute Gasteiger partial charge is 0.514 e. The maximum atomic E-state index is 11.6. The van der Waals surface area contributed by atoms with E-state index >= 15 is 0 Å². The van der Waals surface area contributed by atoms with Crippen LogP contribution in [0.25, 0.3) is 10.8 Å². The molecule has 104 valence electrons. The number of carbonyl (C=O) groups excluding carboxylic acids is 2. The number of benzene rings is 2. The van der Waals surface area contributed by atoms with Crippen molar-refractivity contribution in [1.82, 2.24) is 0 Å². The lowest BCUT2D eigenvalue weighted by Gasteiger charge is -2.18. The molecule has 0 heterocycles. The molecule has 0 aliphatic rings. The average Bonchev–Trinajstić information content (AvgIpc) is 2.35. The molecule has 20 heavy (non-hydrogen) atoms. The van der Waals surface area contributed by atoms with E-state index in [1.165, 1.54) is 0 Å². The Morgan fingerprint density at radius 2 is 1.70 bits per heavy atom. The Bertz CT molecular complexity index is 653. The second-order valence-electron chi connectivity index (χ2n) is 5.45. The summed E-state index contributed by atoms with van der Waals surface area (Å²) in [5, 5.41) is 1.79. The van der Waals surface area contributed by atoms with E-state index in [1.807, 2.05) is 0 Å². The van der Waals surface area contributed by atoms with Crippen LogP contribution in [0.3, 0.4) is 0 Å². The van der Waals surface area contributed by atoms with Crippen LogP contribution in [-0.2, 0) is 4.74 Å². The highest BCUT2D eigenvalue weighted by molar-refractivity contribution is 5.90. The minimum Gasteiger partial charge on any atom is -0.428 e. The van der Waals surface area contributed by atoms with Gasteiger partial charge in [0.2, 0.25) is 0 Å². The van der Waals surface area contributed by atoms with Crippen LogP contribution in [0.15, 0.2) is 36.4 Å². The lowest BCUT2D eigenvalue weighted by molar-refractivity contribution is 0.0206. The molecule has 0 aliphatic heterocycles. The van der Waals surface area contributed by atoms with Gasteiger partial charge in [-0.3, -0.25) is 4.79 Å². The third kappa shape index (κ3) is 3.57. The van der Waals surface area contributed by atoms with Gasteiger partial charge in [0, 0.05) is 5.56 Å². The fourth-order valence-electron chi connectivity index (χ4n) is 1.75. The molecule has 0 saturated heterocycles. The molecule has 2 aromatic carbocycles. The van der Waals surface area contributed by atoms with E-state index in [0.717, 1.165) is 17.1 Å². The fourth-order valence-corrected chi connectivity index (χ4v) is 1.75. The van der Waals surface area contributed by atoms with Crippen LogP contribution in [0.2, 0.25) is 0 Å². The topological polar surface area (TPSA) is 52.6 Å². The maximum Gasteiger partial charge on any atom is 0.514 e. The molecule has 0 aromatic heterocycles. The molecule has 0 N–H and O–H groups in total. The monoisotopic (exact) mass is 272 g/mol. The van der Waals surface area contributed by atoms with Crippen LogP contribution in [0.1, 0.15) is 31.1 Å². The summed E-state index contributed by atoms with van der Waals surface area (Å²) in [5.74, 6) is 0.408. The fraction of sp³-hybridized carbons (Fsp3) is 0.250. The number of hydrogen-bond acceptors (Lipinski definition) is 4. The Kier molecular flexibility index (Phi) is 3.74. The van der Waals surface area contributed by atoms with Crippen molar-refractivity contribution in [3.8, 4) is 5.75 Å². The summed E-state index contributed by atoms with van der Waals surface area (Å²) in [6.07, 6.45) is 0.0613. The van der Waals surface area contributed by atoms with Gasteiger partial charge in [-0.05, 0) is 49.7 Å². The zero-order chi connectivity index (χ0) is 14.8. The van der Waals surface area contributed by atoms with E-state index < -0.39 is 11.8 Å². The zero-order valence-electron chi connectivity index (χ0n) is 11.7. The first-order valence-electron chi connectivity index (χ1n) is 6.27. The lowest BCUT2D eigenvalue weighted by atomic mass is 10.1. The molecule has 0 amide bonds. The normalized spacial score (nSPS) is 11.2. The van der Waals surface area contributed by atoms with Gasteiger partial charge in [0.15, 0.2) is 0 Å². The van der Waals surface area contributed by atoms with Gasteiger partial charge in [-0.15, -0.1) is 0 Å². The highest BCUT2D eigenvalue weighted by Gasteiger charge is 2.18. The van der Waals surface area contributed by atoms with Crippen LogP contribution >= 0.6 is 0 Å². The molecule has 0 aliphatic carbocycles. The first kappa shape index (κ1) is 14.1. The Morgan fingerprint density at radius 3 is 2.35 bits per heavy atom. The number of rotatable bonds is 2. The van der Waals surface area contributed by atoms with Crippen LogP contribution in [0.5, 0.6) is 5.75 Å². The third-order valence-corrected chi connectivity index (χ3v) is 2.56. The Labute approximate surface area is 117 Å². The minimum atomic E-state index is -0.735. The number of ether oxygens (including phenoxy) is 2. The number of hydrogen-bond donors (Lipinski definition) is 0. The molecule has 0 radical (unpaired) electrons. The predicted molar refractivity (Wildman–Crippen MR) is 76.2 cm³/mol. The van der Waals surface area contributed by atoms with E-state index in [1.54, 1.807) is 57.2 Å². The van der Waals surface area contributed by atoms with Gasteiger partial charge in [-0.1, -0.05) is 18.2 Å². The highest BCUT2D eigenvalue weighted by atomic mass is 16.7. The van der Waals surface area contributed by atoms with E-state index in [9.17, 15) is 9.59 Å². The first-order chi connectivity index (χ1) is 9.37. The molecule has 4 nitrogen and oxygen atoms in total. The predicted octanol–water partition coefficient (Wildman–Crippen LogP) is 3.97. The van der Waals surface area contributed by atoms with Crippen molar-refractivity contribution in [1.29, 1.82) is 0 Å². The van der Waals surface area contributed by atoms with Gasteiger partial charge < -0.3 is 9.47 Å². The minimum absolute atomic E-state index is 0.408. The summed E-state index contributed by atoms with van der Waals surface area (Å²) in [5.41, 5.74) is 0.0191. The Morgan fingerprint density at radius 1 is 1.05 bits per heavy atom. The van der Waals surface area contributed by atoms with Gasteiger partial charge in [-0.25, -0.2) is 4.79 Å². The SMILES string of the molecule is CC(C)(C)OC(=O)Oc1ccc2cc(C=O)ccc2c1. The van der Waals surface area contributed by atoms with E-state index in [0.29, 0.717) is 11.3 Å². The van der Waals surface area contributed by atoms with Gasteiger partial charge >= 0.3 is 6.16 Å². The summed E-state index contributed by atoms with van der Waals surface area (Å²) in [6.45, 7) is 5.32. The third-order valence-electron chi connectivity index (χ3n) is 2.56. The Balaban J connectivity index is 2.20. The smallest absolute Gasteiger partial charge is 0.428 e. The summed E-state index contributed by atoms with van der Waals surface area (Å²) >= 11 is 0. The van der Waals surface area contributed by atoms with Crippen molar-refractivity contribution in [3.63, 3.8) is 0 Å². The first-order valence-corrected chi connectivity index (χ1v) is 6.27. The molecule has 2 aromatic rings. The number of carbonyl (C=O) groups is 2. The number of fused-ring (bicyclic) bond motifs is 1. The average molecular weight is 272 g/mol. The molecule has 4 heteroatoms. The van der Waals surface area contributed by atoms with Gasteiger partial charge in [-0.2, -0.15) is 0 Å². The summed E-state index contributed by atoms with van der Waals surface area (Å²) in [7, 11) is 0. The molecular weight excluding hydrogens is 256 g/mol. The van der Waals surface area contributed by atoms with Gasteiger partial charge in [0.25, 0.3) is 0 Å². The standard InChI is InChI=1S/C16H16O4/c1-16(2,3)20-15(18)19-14-7-6-12-8-11(10-17)4-5-13(12)9-14/h4-10H,1-3H3. The van der Waals surface area contributed by atoms with Crippen molar-refractivity contribution in [2.45, 2.75) is 26.4 Å². The van der Waals surface area contributed by atoms with Crippen LogP contribution in [-0.4, -0.2) is 18.0 Å². The molecule has 0 saturated carbocycles. The second-order valence-corrected chi connectivity index (χ2v) is 5.45. The molecule has 0 bridgehead atoms. The summed E-state index contributed by atoms with van der Waals surface area (Å²) < 4.78 is 10.2. The van der Waals surface area contributed by atoms with Crippen LogP contribution in [0, 0.1) is 0 Å².